The van der Waals surface area contributed by atoms with Gasteiger partial charge in [-0.2, -0.15) is 0 Å². The number of nitrogens with zero attached hydrogens (tertiary/aromatic N) is 1. The van der Waals surface area contributed by atoms with Gasteiger partial charge in [0, 0.05) is 30.1 Å². The molecular formula is C16H19FN2S. The molecule has 2 nitrogen and oxygen atoms in total. The SMILES string of the molecule is CC(CNC1CC(c2cccc(F)c2)C1)c1nccs1. The number of rotatable bonds is 5. The summed E-state index contributed by atoms with van der Waals surface area (Å²) in [6.45, 7) is 3.17. The summed E-state index contributed by atoms with van der Waals surface area (Å²) in [6, 6.07) is 7.57. The predicted molar refractivity (Wildman–Crippen MR) is 80.7 cm³/mol. The maximum Gasteiger partial charge on any atom is 0.123 e. The second-order valence-electron chi connectivity index (χ2n) is 5.60. The van der Waals surface area contributed by atoms with Gasteiger partial charge in [-0.3, -0.25) is 0 Å². The third-order valence-electron chi connectivity index (χ3n) is 4.04. The molecule has 20 heavy (non-hydrogen) atoms. The minimum absolute atomic E-state index is 0.128. The topological polar surface area (TPSA) is 24.9 Å². The van der Waals surface area contributed by atoms with Crippen molar-refractivity contribution in [1.29, 1.82) is 0 Å². The standard InChI is InChI=1S/C16H19FN2S/c1-11(16-18-5-6-20-16)10-19-15-8-13(9-15)12-3-2-4-14(17)7-12/h2-7,11,13,15,19H,8-10H2,1H3. The average molecular weight is 290 g/mol. The molecule has 0 bridgehead atoms. The maximum absolute atomic E-state index is 13.2. The van der Waals surface area contributed by atoms with Gasteiger partial charge in [-0.15, -0.1) is 11.3 Å². The van der Waals surface area contributed by atoms with Gasteiger partial charge in [0.05, 0.1) is 5.01 Å². The first-order chi connectivity index (χ1) is 9.72. The molecule has 1 unspecified atom stereocenters. The largest absolute Gasteiger partial charge is 0.313 e. The monoisotopic (exact) mass is 290 g/mol. The summed E-state index contributed by atoms with van der Waals surface area (Å²) in [7, 11) is 0. The Labute approximate surface area is 123 Å². The Hall–Kier alpha value is -1.26. The highest BCUT2D eigenvalue weighted by Crippen LogP contribution is 2.37. The van der Waals surface area contributed by atoms with Crippen molar-refractivity contribution in [3.63, 3.8) is 0 Å². The van der Waals surface area contributed by atoms with Crippen LogP contribution in [-0.4, -0.2) is 17.6 Å². The van der Waals surface area contributed by atoms with Crippen LogP contribution >= 0.6 is 11.3 Å². The van der Waals surface area contributed by atoms with Crippen LogP contribution in [0.25, 0.3) is 0 Å². The van der Waals surface area contributed by atoms with Gasteiger partial charge < -0.3 is 5.32 Å². The molecule has 106 valence electrons. The molecule has 0 saturated heterocycles. The molecule has 1 atom stereocenters. The van der Waals surface area contributed by atoms with Crippen molar-refractivity contribution < 1.29 is 4.39 Å². The second kappa shape index (κ2) is 6.02. The van der Waals surface area contributed by atoms with E-state index < -0.39 is 0 Å². The molecule has 1 aromatic carbocycles. The Morgan fingerprint density at radius 3 is 3.00 bits per heavy atom. The van der Waals surface area contributed by atoms with Gasteiger partial charge in [0.25, 0.3) is 0 Å². The van der Waals surface area contributed by atoms with Gasteiger partial charge in [0.15, 0.2) is 0 Å². The molecule has 1 aliphatic rings. The maximum atomic E-state index is 13.2. The van der Waals surface area contributed by atoms with E-state index in [1.54, 1.807) is 23.5 Å². The Morgan fingerprint density at radius 2 is 2.30 bits per heavy atom. The summed E-state index contributed by atoms with van der Waals surface area (Å²) < 4.78 is 13.2. The van der Waals surface area contributed by atoms with E-state index in [1.165, 1.54) is 11.1 Å². The normalized spacial score (nSPS) is 23.3. The minimum atomic E-state index is -0.128. The van der Waals surface area contributed by atoms with Crippen molar-refractivity contribution in [2.24, 2.45) is 0 Å². The number of halogens is 1. The number of hydrogen-bond acceptors (Lipinski definition) is 3. The Balaban J connectivity index is 1.44. The van der Waals surface area contributed by atoms with Crippen LogP contribution in [-0.2, 0) is 0 Å². The molecule has 1 saturated carbocycles. The fourth-order valence-corrected chi connectivity index (χ4v) is 3.42. The van der Waals surface area contributed by atoms with Crippen molar-refractivity contribution in [3.05, 3.63) is 52.2 Å². The molecule has 4 heteroatoms. The summed E-state index contributed by atoms with van der Waals surface area (Å²) in [5.41, 5.74) is 1.14. The number of thiazole rings is 1. The Kier molecular flexibility index (Phi) is 4.13. The first-order valence-electron chi connectivity index (χ1n) is 7.10. The summed E-state index contributed by atoms with van der Waals surface area (Å²) >= 11 is 1.71. The second-order valence-corrected chi connectivity index (χ2v) is 6.53. The van der Waals surface area contributed by atoms with Crippen molar-refractivity contribution in [3.8, 4) is 0 Å². The number of benzene rings is 1. The van der Waals surface area contributed by atoms with Crippen molar-refractivity contribution >= 4 is 11.3 Å². The third kappa shape index (κ3) is 3.07. The van der Waals surface area contributed by atoms with Crippen LogP contribution in [0.5, 0.6) is 0 Å². The highest BCUT2D eigenvalue weighted by Gasteiger charge is 2.30. The highest BCUT2D eigenvalue weighted by atomic mass is 32.1. The molecule has 1 heterocycles. The molecule has 1 aliphatic carbocycles. The van der Waals surface area contributed by atoms with Crippen LogP contribution < -0.4 is 5.32 Å². The minimum Gasteiger partial charge on any atom is -0.313 e. The molecule has 1 N–H and O–H groups in total. The Morgan fingerprint density at radius 1 is 1.45 bits per heavy atom. The fourth-order valence-electron chi connectivity index (χ4n) is 2.73. The van der Waals surface area contributed by atoms with Gasteiger partial charge in [0.1, 0.15) is 5.82 Å². The van der Waals surface area contributed by atoms with E-state index in [4.69, 9.17) is 0 Å². The van der Waals surface area contributed by atoms with Crippen LogP contribution in [0.1, 0.15) is 42.2 Å². The number of hydrogen-bond donors (Lipinski definition) is 1. The molecular weight excluding hydrogens is 271 g/mol. The van der Waals surface area contributed by atoms with Crippen LogP contribution in [0.2, 0.25) is 0 Å². The molecule has 1 aromatic heterocycles. The lowest BCUT2D eigenvalue weighted by Crippen LogP contribution is -2.41. The Bertz CT molecular complexity index is 549. The zero-order chi connectivity index (χ0) is 13.9. The zero-order valence-electron chi connectivity index (χ0n) is 11.6. The summed E-state index contributed by atoms with van der Waals surface area (Å²) in [6.07, 6.45) is 4.07. The molecule has 2 aromatic rings. The van der Waals surface area contributed by atoms with E-state index in [0.29, 0.717) is 17.9 Å². The van der Waals surface area contributed by atoms with E-state index in [-0.39, 0.29) is 5.82 Å². The van der Waals surface area contributed by atoms with Gasteiger partial charge >= 0.3 is 0 Å². The molecule has 0 spiro atoms. The van der Waals surface area contributed by atoms with Crippen molar-refractivity contribution in [1.82, 2.24) is 10.3 Å². The van der Waals surface area contributed by atoms with Crippen molar-refractivity contribution in [2.75, 3.05) is 6.54 Å². The first-order valence-corrected chi connectivity index (χ1v) is 7.98. The lowest BCUT2D eigenvalue weighted by Gasteiger charge is -2.37. The lowest BCUT2D eigenvalue weighted by atomic mass is 9.76. The van der Waals surface area contributed by atoms with Crippen LogP contribution in [0.3, 0.4) is 0 Å². The lowest BCUT2D eigenvalue weighted by molar-refractivity contribution is 0.287. The van der Waals surface area contributed by atoms with Gasteiger partial charge in [-0.1, -0.05) is 19.1 Å². The molecule has 0 radical (unpaired) electrons. The predicted octanol–water partition coefficient (Wildman–Crippen LogP) is 3.92. The highest BCUT2D eigenvalue weighted by molar-refractivity contribution is 7.09. The molecule has 3 rings (SSSR count). The van der Waals surface area contributed by atoms with E-state index >= 15 is 0 Å². The smallest absolute Gasteiger partial charge is 0.123 e. The summed E-state index contributed by atoms with van der Waals surface area (Å²) in [4.78, 5) is 4.35. The molecule has 0 amide bonds. The quantitative estimate of drug-likeness (QED) is 0.902. The fraction of sp³-hybridized carbons (Fsp3) is 0.438. The number of aromatic nitrogens is 1. The zero-order valence-corrected chi connectivity index (χ0v) is 12.4. The number of nitrogens with one attached hydrogen (secondary N) is 1. The van der Waals surface area contributed by atoms with Crippen LogP contribution in [0.15, 0.2) is 35.8 Å². The van der Waals surface area contributed by atoms with Gasteiger partial charge in [-0.25, -0.2) is 9.37 Å². The average Bonchev–Trinajstić information content (AvgIpc) is 2.90. The molecule has 1 fully saturated rings. The molecule has 0 aliphatic heterocycles. The first kappa shape index (κ1) is 13.7. The van der Waals surface area contributed by atoms with Crippen LogP contribution in [0, 0.1) is 5.82 Å². The van der Waals surface area contributed by atoms with E-state index in [9.17, 15) is 4.39 Å². The van der Waals surface area contributed by atoms with E-state index in [0.717, 1.165) is 24.9 Å². The van der Waals surface area contributed by atoms with Gasteiger partial charge in [0.2, 0.25) is 0 Å². The third-order valence-corrected chi connectivity index (χ3v) is 5.05. The van der Waals surface area contributed by atoms with Crippen LogP contribution in [0.4, 0.5) is 4.39 Å². The van der Waals surface area contributed by atoms with E-state index in [1.807, 2.05) is 17.6 Å². The summed E-state index contributed by atoms with van der Waals surface area (Å²) in [5, 5.41) is 6.81. The van der Waals surface area contributed by atoms with Gasteiger partial charge in [-0.05, 0) is 36.5 Å². The van der Waals surface area contributed by atoms with E-state index in [2.05, 4.69) is 17.2 Å². The van der Waals surface area contributed by atoms with Crippen molar-refractivity contribution in [2.45, 2.75) is 37.6 Å². The summed E-state index contributed by atoms with van der Waals surface area (Å²) in [5.74, 6) is 0.845.